The van der Waals surface area contributed by atoms with Crippen LogP contribution in [0, 0.1) is 19.7 Å². The van der Waals surface area contributed by atoms with Crippen LogP contribution in [0.1, 0.15) is 28.8 Å². The number of amides is 2. The molecular formula is C20H22FN5O3. The molecule has 2 amide bonds. The normalized spacial score (nSPS) is 10.9. The molecule has 152 valence electrons. The summed E-state index contributed by atoms with van der Waals surface area (Å²) in [6, 6.07) is 5.54. The number of pyridine rings is 1. The van der Waals surface area contributed by atoms with E-state index in [9.17, 15) is 18.8 Å². The van der Waals surface area contributed by atoms with E-state index >= 15 is 0 Å². The van der Waals surface area contributed by atoms with Gasteiger partial charge in [0.05, 0.1) is 12.1 Å². The molecule has 0 spiro atoms. The Kier molecular flexibility index (Phi) is 5.76. The van der Waals surface area contributed by atoms with E-state index in [1.807, 2.05) is 13.8 Å². The van der Waals surface area contributed by atoms with Crippen molar-refractivity contribution in [1.82, 2.24) is 25.6 Å². The number of benzene rings is 1. The van der Waals surface area contributed by atoms with Gasteiger partial charge in [-0.05, 0) is 43.5 Å². The Hall–Kier alpha value is -3.49. The summed E-state index contributed by atoms with van der Waals surface area (Å²) in [5.74, 6) is -1.22. The van der Waals surface area contributed by atoms with Gasteiger partial charge < -0.3 is 4.98 Å². The highest BCUT2D eigenvalue weighted by atomic mass is 19.1. The molecule has 8 nitrogen and oxygen atoms in total. The zero-order valence-corrected chi connectivity index (χ0v) is 16.4. The maximum atomic E-state index is 12.9. The van der Waals surface area contributed by atoms with Gasteiger partial charge in [0.25, 0.3) is 5.56 Å². The summed E-state index contributed by atoms with van der Waals surface area (Å²) < 4.78 is 14.5. The summed E-state index contributed by atoms with van der Waals surface area (Å²) in [5, 5.41) is 5.19. The Morgan fingerprint density at radius 2 is 1.79 bits per heavy atom. The van der Waals surface area contributed by atoms with E-state index in [1.54, 1.807) is 11.7 Å². The van der Waals surface area contributed by atoms with E-state index in [0.29, 0.717) is 16.8 Å². The summed E-state index contributed by atoms with van der Waals surface area (Å²) >= 11 is 0. The molecule has 1 aromatic carbocycles. The third-order valence-electron chi connectivity index (χ3n) is 4.78. The fourth-order valence-electron chi connectivity index (χ4n) is 3.33. The van der Waals surface area contributed by atoms with Gasteiger partial charge >= 0.3 is 0 Å². The van der Waals surface area contributed by atoms with Crippen molar-refractivity contribution in [2.75, 3.05) is 0 Å². The Labute approximate surface area is 166 Å². The minimum Gasteiger partial charge on any atom is -0.307 e. The van der Waals surface area contributed by atoms with Gasteiger partial charge in [0.1, 0.15) is 11.5 Å². The van der Waals surface area contributed by atoms with Crippen LogP contribution in [-0.4, -0.2) is 26.6 Å². The number of nitrogens with zero attached hydrogens (tertiary/aromatic N) is 2. The Balaban J connectivity index is 1.58. The molecule has 0 radical (unpaired) electrons. The number of aryl methyl sites for hydroxylation is 3. The molecule has 0 aliphatic heterocycles. The van der Waals surface area contributed by atoms with Crippen molar-refractivity contribution in [3.8, 4) is 0 Å². The van der Waals surface area contributed by atoms with Gasteiger partial charge in [0, 0.05) is 24.4 Å². The molecule has 0 fully saturated rings. The first-order valence-corrected chi connectivity index (χ1v) is 9.13. The highest BCUT2D eigenvalue weighted by Crippen LogP contribution is 2.21. The fraction of sp³-hybridized carbons (Fsp3) is 0.300. The zero-order valence-electron chi connectivity index (χ0n) is 16.4. The molecule has 29 heavy (non-hydrogen) atoms. The number of aromatic amines is 1. The number of hydrogen-bond acceptors (Lipinski definition) is 4. The first kappa shape index (κ1) is 20.2. The van der Waals surface area contributed by atoms with Gasteiger partial charge in [0.15, 0.2) is 0 Å². The molecule has 0 aliphatic carbocycles. The van der Waals surface area contributed by atoms with Crippen LogP contribution in [-0.2, 0) is 29.5 Å². The summed E-state index contributed by atoms with van der Waals surface area (Å²) in [7, 11) is 1.76. The van der Waals surface area contributed by atoms with E-state index in [-0.39, 0.29) is 30.6 Å². The summed E-state index contributed by atoms with van der Waals surface area (Å²) in [4.78, 5) is 39.2. The van der Waals surface area contributed by atoms with Crippen molar-refractivity contribution in [3.05, 3.63) is 62.8 Å². The second-order valence-corrected chi connectivity index (χ2v) is 6.89. The van der Waals surface area contributed by atoms with E-state index in [1.165, 1.54) is 24.3 Å². The van der Waals surface area contributed by atoms with Gasteiger partial charge in [-0.2, -0.15) is 5.10 Å². The third kappa shape index (κ3) is 4.50. The minimum absolute atomic E-state index is 0.0102. The number of H-pyrrole nitrogens is 1. The van der Waals surface area contributed by atoms with Gasteiger partial charge in [-0.3, -0.25) is 29.9 Å². The largest absolute Gasteiger partial charge is 0.307 e. The molecule has 2 aromatic heterocycles. The number of hydrazine groups is 1. The molecule has 3 aromatic rings. The third-order valence-corrected chi connectivity index (χ3v) is 4.78. The first-order chi connectivity index (χ1) is 13.8. The number of halogens is 1. The predicted molar refractivity (Wildman–Crippen MR) is 106 cm³/mol. The quantitative estimate of drug-likeness (QED) is 0.563. The first-order valence-electron chi connectivity index (χ1n) is 9.13. The molecule has 9 heteroatoms. The summed E-state index contributed by atoms with van der Waals surface area (Å²) in [6.45, 7) is 3.70. The molecule has 0 unspecified atom stereocenters. The lowest BCUT2D eigenvalue weighted by molar-refractivity contribution is -0.128. The fourth-order valence-corrected chi connectivity index (χ4v) is 3.33. The zero-order chi connectivity index (χ0) is 21.1. The number of carbonyl (C=O) groups excluding carboxylic acids is 2. The van der Waals surface area contributed by atoms with Gasteiger partial charge in [-0.1, -0.05) is 12.1 Å². The van der Waals surface area contributed by atoms with Crippen molar-refractivity contribution in [3.63, 3.8) is 0 Å². The molecule has 0 saturated heterocycles. The van der Waals surface area contributed by atoms with Crippen LogP contribution in [0.15, 0.2) is 29.1 Å². The number of nitrogens with one attached hydrogen (secondary N) is 3. The number of fused-ring (bicyclic) bond motifs is 1. The number of carbonyl (C=O) groups is 2. The molecule has 0 bridgehead atoms. The van der Waals surface area contributed by atoms with Crippen LogP contribution in [0.4, 0.5) is 4.39 Å². The molecule has 0 saturated carbocycles. The number of aromatic nitrogens is 3. The topological polar surface area (TPSA) is 109 Å². The second kappa shape index (κ2) is 8.26. The van der Waals surface area contributed by atoms with Gasteiger partial charge in [-0.15, -0.1) is 0 Å². The average molecular weight is 399 g/mol. The monoisotopic (exact) mass is 399 g/mol. The van der Waals surface area contributed by atoms with Crippen LogP contribution in [0.2, 0.25) is 0 Å². The standard InChI is InChI=1S/C20H22FN5O3/c1-11-15(20(29)22-19-18(11)12(2)25-26(19)3)8-9-16(27)23-24-17(28)10-13-4-6-14(21)7-5-13/h4-7H,8-10H2,1-3H3,(H,22,29)(H,23,27)(H,24,28). The number of rotatable bonds is 5. The summed E-state index contributed by atoms with van der Waals surface area (Å²) in [5.41, 5.74) is 7.78. The van der Waals surface area contributed by atoms with Crippen LogP contribution in [0.25, 0.3) is 11.0 Å². The molecule has 2 heterocycles. The van der Waals surface area contributed by atoms with E-state index in [2.05, 4.69) is 20.9 Å². The SMILES string of the molecule is Cc1nn(C)c2[nH]c(=O)c(CCC(=O)NNC(=O)Cc3ccc(F)cc3)c(C)c12. The van der Waals surface area contributed by atoms with Crippen molar-refractivity contribution < 1.29 is 14.0 Å². The maximum absolute atomic E-state index is 12.9. The van der Waals surface area contributed by atoms with Gasteiger partial charge in [0.2, 0.25) is 11.8 Å². The van der Waals surface area contributed by atoms with Crippen LogP contribution < -0.4 is 16.4 Å². The lowest BCUT2D eigenvalue weighted by Gasteiger charge is -2.09. The lowest BCUT2D eigenvalue weighted by Crippen LogP contribution is -2.42. The molecular weight excluding hydrogens is 377 g/mol. The Bertz CT molecular complexity index is 1130. The predicted octanol–water partition coefficient (Wildman–Crippen LogP) is 1.34. The van der Waals surface area contributed by atoms with E-state index in [0.717, 1.165) is 16.6 Å². The van der Waals surface area contributed by atoms with Crippen molar-refractivity contribution >= 4 is 22.8 Å². The van der Waals surface area contributed by atoms with Crippen molar-refractivity contribution in [2.24, 2.45) is 7.05 Å². The lowest BCUT2D eigenvalue weighted by atomic mass is 10.0. The smallest absolute Gasteiger partial charge is 0.253 e. The van der Waals surface area contributed by atoms with E-state index < -0.39 is 11.8 Å². The minimum atomic E-state index is -0.425. The maximum Gasteiger partial charge on any atom is 0.253 e. The summed E-state index contributed by atoms with van der Waals surface area (Å²) in [6.07, 6.45) is 0.271. The Morgan fingerprint density at radius 1 is 1.14 bits per heavy atom. The molecule has 3 rings (SSSR count). The molecule has 3 N–H and O–H groups in total. The highest BCUT2D eigenvalue weighted by Gasteiger charge is 2.16. The second-order valence-electron chi connectivity index (χ2n) is 6.89. The average Bonchev–Trinajstić information content (AvgIpc) is 2.95. The van der Waals surface area contributed by atoms with Crippen molar-refractivity contribution in [2.45, 2.75) is 33.1 Å². The van der Waals surface area contributed by atoms with Crippen molar-refractivity contribution in [1.29, 1.82) is 0 Å². The highest BCUT2D eigenvalue weighted by molar-refractivity contribution is 5.84. The van der Waals surface area contributed by atoms with Crippen LogP contribution in [0.3, 0.4) is 0 Å². The molecule has 0 aliphatic rings. The van der Waals surface area contributed by atoms with Gasteiger partial charge in [-0.25, -0.2) is 4.39 Å². The number of hydrogen-bond donors (Lipinski definition) is 3. The molecule has 0 atom stereocenters. The Morgan fingerprint density at radius 3 is 2.48 bits per heavy atom. The van der Waals surface area contributed by atoms with Crippen LogP contribution in [0.5, 0.6) is 0 Å². The van der Waals surface area contributed by atoms with Crippen LogP contribution >= 0.6 is 0 Å². The van der Waals surface area contributed by atoms with E-state index in [4.69, 9.17) is 0 Å².